The van der Waals surface area contributed by atoms with Gasteiger partial charge in [0.1, 0.15) is 6.10 Å². The van der Waals surface area contributed by atoms with Crippen LogP contribution < -0.4 is 0 Å². The van der Waals surface area contributed by atoms with Gasteiger partial charge in [0, 0.05) is 18.9 Å². The maximum absolute atomic E-state index is 8.78. The number of rotatable bonds is 6. The van der Waals surface area contributed by atoms with Crippen LogP contribution in [0.15, 0.2) is 12.3 Å². The molecule has 22 heavy (non-hydrogen) atoms. The lowest BCUT2D eigenvalue weighted by atomic mass is 9.75. The van der Waals surface area contributed by atoms with E-state index in [0.29, 0.717) is 24.4 Å². The monoisotopic (exact) mass is 305 g/mol. The summed E-state index contributed by atoms with van der Waals surface area (Å²) in [6, 6.07) is 2.21. The molecule has 0 amide bonds. The number of nitriles is 1. The van der Waals surface area contributed by atoms with Crippen molar-refractivity contribution >= 4 is 0 Å². The van der Waals surface area contributed by atoms with Gasteiger partial charge in [-0.1, -0.05) is 33.8 Å². The molecule has 0 N–H and O–H groups in total. The average molecular weight is 305 g/mol. The van der Waals surface area contributed by atoms with Gasteiger partial charge < -0.3 is 9.47 Å². The fourth-order valence-electron chi connectivity index (χ4n) is 4.04. The van der Waals surface area contributed by atoms with Gasteiger partial charge in [0.15, 0.2) is 0 Å². The smallest absolute Gasteiger partial charge is 0.101 e. The Labute approximate surface area is 135 Å². The molecule has 2 rings (SSSR count). The Kier molecular flexibility index (Phi) is 6.32. The molecule has 1 saturated carbocycles. The van der Waals surface area contributed by atoms with Crippen molar-refractivity contribution in [2.45, 2.75) is 71.5 Å². The summed E-state index contributed by atoms with van der Waals surface area (Å²) < 4.78 is 12.2. The van der Waals surface area contributed by atoms with Gasteiger partial charge in [0.25, 0.3) is 0 Å². The average Bonchev–Trinajstić information content (AvgIpc) is 2.93. The molecule has 0 aromatic rings. The van der Waals surface area contributed by atoms with Crippen LogP contribution in [0.2, 0.25) is 0 Å². The van der Waals surface area contributed by atoms with Crippen molar-refractivity contribution in [3.8, 4) is 6.07 Å². The predicted molar refractivity (Wildman–Crippen MR) is 88.1 cm³/mol. The molecule has 1 saturated heterocycles. The van der Waals surface area contributed by atoms with Crippen LogP contribution in [0.4, 0.5) is 0 Å². The standard InChI is InChI=1S/C19H31NO2/c1-13(2)16-8-7-14(3)12-19(16)22-15(4)17-9-11-21-18(17)6-5-10-20/h13-14,16-19H,4-9,11-12H2,1-3H3. The minimum atomic E-state index is 0.116. The Morgan fingerprint density at radius 3 is 2.82 bits per heavy atom. The summed E-state index contributed by atoms with van der Waals surface area (Å²) in [6.45, 7) is 11.9. The van der Waals surface area contributed by atoms with E-state index in [1.165, 1.54) is 12.8 Å². The third-order valence-electron chi connectivity index (χ3n) is 5.43. The van der Waals surface area contributed by atoms with Crippen molar-refractivity contribution in [2.24, 2.45) is 23.7 Å². The van der Waals surface area contributed by atoms with Crippen molar-refractivity contribution < 1.29 is 9.47 Å². The first-order chi connectivity index (χ1) is 10.5. The van der Waals surface area contributed by atoms with Gasteiger partial charge in [-0.15, -0.1) is 0 Å². The highest BCUT2D eigenvalue weighted by atomic mass is 16.5. The molecule has 124 valence electrons. The molecule has 0 bridgehead atoms. The van der Waals surface area contributed by atoms with E-state index in [4.69, 9.17) is 14.7 Å². The number of hydrogen-bond donors (Lipinski definition) is 0. The second-order valence-electron chi connectivity index (χ2n) is 7.45. The molecule has 5 unspecified atom stereocenters. The Hall–Kier alpha value is -1.01. The van der Waals surface area contributed by atoms with E-state index in [2.05, 4.69) is 33.4 Å². The van der Waals surface area contributed by atoms with E-state index < -0.39 is 0 Å². The second kappa shape index (κ2) is 8.02. The summed E-state index contributed by atoms with van der Waals surface area (Å²) in [5.41, 5.74) is 0. The summed E-state index contributed by atoms with van der Waals surface area (Å²) in [7, 11) is 0. The Morgan fingerprint density at radius 2 is 2.14 bits per heavy atom. The van der Waals surface area contributed by atoms with Crippen molar-refractivity contribution in [2.75, 3.05) is 6.61 Å². The fraction of sp³-hybridized carbons (Fsp3) is 0.842. The molecule has 0 aromatic heterocycles. The maximum atomic E-state index is 8.78. The summed E-state index contributed by atoms with van der Waals surface area (Å²) in [6.07, 6.45) is 6.44. The Morgan fingerprint density at radius 1 is 1.36 bits per heavy atom. The highest BCUT2D eigenvalue weighted by molar-refractivity contribution is 5.00. The van der Waals surface area contributed by atoms with Crippen LogP contribution in [0.5, 0.6) is 0 Å². The molecule has 3 nitrogen and oxygen atoms in total. The zero-order valence-electron chi connectivity index (χ0n) is 14.4. The van der Waals surface area contributed by atoms with Crippen LogP contribution >= 0.6 is 0 Å². The summed E-state index contributed by atoms with van der Waals surface area (Å²) >= 11 is 0. The van der Waals surface area contributed by atoms with E-state index in [1.54, 1.807) is 0 Å². The van der Waals surface area contributed by atoms with Crippen molar-refractivity contribution in [1.29, 1.82) is 5.26 Å². The van der Waals surface area contributed by atoms with Gasteiger partial charge in [0.2, 0.25) is 0 Å². The largest absolute Gasteiger partial charge is 0.495 e. The molecule has 2 aliphatic rings. The second-order valence-corrected chi connectivity index (χ2v) is 7.45. The van der Waals surface area contributed by atoms with Gasteiger partial charge >= 0.3 is 0 Å². The molecule has 2 fully saturated rings. The molecule has 0 radical (unpaired) electrons. The highest BCUT2D eigenvalue weighted by Crippen LogP contribution is 2.39. The van der Waals surface area contributed by atoms with E-state index in [0.717, 1.165) is 37.5 Å². The fourth-order valence-corrected chi connectivity index (χ4v) is 4.04. The first-order valence-electron chi connectivity index (χ1n) is 8.87. The van der Waals surface area contributed by atoms with Gasteiger partial charge in [-0.3, -0.25) is 0 Å². The van der Waals surface area contributed by atoms with Crippen LogP contribution in [0.1, 0.15) is 59.3 Å². The normalized spacial score (nSPS) is 35.3. The van der Waals surface area contributed by atoms with Crippen molar-refractivity contribution in [3.63, 3.8) is 0 Å². The van der Waals surface area contributed by atoms with Crippen LogP contribution in [-0.4, -0.2) is 18.8 Å². The molecule has 1 heterocycles. The van der Waals surface area contributed by atoms with Crippen LogP contribution in [0.25, 0.3) is 0 Å². The molecule has 0 spiro atoms. The SMILES string of the molecule is C=C(OC1CC(C)CCC1C(C)C)C1CCOC1CCC#N. The van der Waals surface area contributed by atoms with Crippen LogP contribution in [0.3, 0.4) is 0 Å². The Bertz CT molecular complexity index is 412. The lowest BCUT2D eigenvalue weighted by Gasteiger charge is -2.38. The number of ether oxygens (including phenoxy) is 2. The van der Waals surface area contributed by atoms with Gasteiger partial charge in [-0.2, -0.15) is 5.26 Å². The number of hydrogen-bond acceptors (Lipinski definition) is 3. The molecule has 0 aromatic carbocycles. The van der Waals surface area contributed by atoms with Gasteiger partial charge in [0.05, 0.1) is 17.9 Å². The van der Waals surface area contributed by atoms with Crippen LogP contribution in [-0.2, 0) is 9.47 Å². The highest BCUT2D eigenvalue weighted by Gasteiger charge is 2.36. The van der Waals surface area contributed by atoms with E-state index >= 15 is 0 Å². The maximum Gasteiger partial charge on any atom is 0.101 e. The molecular weight excluding hydrogens is 274 g/mol. The number of nitrogens with zero attached hydrogens (tertiary/aromatic N) is 1. The van der Waals surface area contributed by atoms with Gasteiger partial charge in [-0.25, -0.2) is 0 Å². The minimum Gasteiger partial charge on any atom is -0.495 e. The van der Waals surface area contributed by atoms with Crippen molar-refractivity contribution in [3.05, 3.63) is 12.3 Å². The summed E-state index contributed by atoms with van der Waals surface area (Å²) in [5.74, 6) is 3.18. The van der Waals surface area contributed by atoms with Gasteiger partial charge in [-0.05, 0) is 43.4 Å². The third kappa shape index (κ3) is 4.26. The lowest BCUT2D eigenvalue weighted by molar-refractivity contribution is -0.0194. The zero-order chi connectivity index (χ0) is 16.1. The molecule has 3 heteroatoms. The zero-order valence-corrected chi connectivity index (χ0v) is 14.4. The molecule has 5 atom stereocenters. The molecule has 1 aliphatic carbocycles. The van der Waals surface area contributed by atoms with E-state index in [-0.39, 0.29) is 12.0 Å². The third-order valence-corrected chi connectivity index (χ3v) is 5.43. The topological polar surface area (TPSA) is 42.2 Å². The first-order valence-corrected chi connectivity index (χ1v) is 8.87. The van der Waals surface area contributed by atoms with E-state index in [9.17, 15) is 0 Å². The summed E-state index contributed by atoms with van der Waals surface area (Å²) in [5, 5.41) is 8.78. The predicted octanol–water partition coefficient (Wildman–Crippen LogP) is 4.69. The lowest BCUT2D eigenvalue weighted by Crippen LogP contribution is -2.35. The molecule has 1 aliphatic heterocycles. The summed E-state index contributed by atoms with van der Waals surface area (Å²) in [4.78, 5) is 0. The van der Waals surface area contributed by atoms with E-state index in [1.807, 2.05) is 0 Å². The Balaban J connectivity index is 1.95. The van der Waals surface area contributed by atoms with Crippen molar-refractivity contribution in [1.82, 2.24) is 0 Å². The molecular formula is C19H31NO2. The first kappa shape index (κ1) is 17.3. The van der Waals surface area contributed by atoms with Crippen LogP contribution in [0, 0.1) is 35.0 Å². The quantitative estimate of drug-likeness (QED) is 0.669. The minimum absolute atomic E-state index is 0.116.